The van der Waals surface area contributed by atoms with Gasteiger partial charge in [0.25, 0.3) is 0 Å². The van der Waals surface area contributed by atoms with E-state index in [1.54, 1.807) is 12.1 Å². The van der Waals surface area contributed by atoms with Gasteiger partial charge in [0, 0.05) is 30.4 Å². The lowest BCUT2D eigenvalue weighted by Crippen LogP contribution is -2.40. The fraction of sp³-hybridized carbons (Fsp3) is 0.429. The zero-order chi connectivity index (χ0) is 17.1. The quantitative estimate of drug-likeness (QED) is 0.685. The van der Waals surface area contributed by atoms with Gasteiger partial charge in [-0.3, -0.25) is 4.21 Å². The van der Waals surface area contributed by atoms with Crippen LogP contribution in [0.2, 0.25) is 0 Å². The van der Waals surface area contributed by atoms with Gasteiger partial charge in [-0.05, 0) is 36.5 Å². The molecule has 1 aliphatic heterocycles. The van der Waals surface area contributed by atoms with Gasteiger partial charge >= 0.3 is 0 Å². The summed E-state index contributed by atoms with van der Waals surface area (Å²) in [4.78, 5) is 6.10. The SMILES string of the molecule is Nc1nc(N2CCC(C(NS(=O)[O-])c3ccc(F)cc3)CC2)n[nH]1. The molecule has 1 saturated heterocycles. The third-order valence-electron chi connectivity index (χ3n) is 4.24. The molecule has 1 fully saturated rings. The van der Waals surface area contributed by atoms with Crippen molar-refractivity contribution in [2.24, 2.45) is 5.92 Å². The minimum atomic E-state index is -2.40. The molecule has 2 unspecified atom stereocenters. The summed E-state index contributed by atoms with van der Waals surface area (Å²) in [5.41, 5.74) is 6.29. The first-order chi connectivity index (χ1) is 11.5. The maximum atomic E-state index is 13.1. The molecule has 0 saturated carbocycles. The number of aromatic amines is 1. The molecule has 4 N–H and O–H groups in total. The second-order valence-electron chi connectivity index (χ2n) is 5.73. The normalized spacial score (nSPS) is 18.5. The van der Waals surface area contributed by atoms with Crippen molar-refractivity contribution in [2.75, 3.05) is 23.7 Å². The first-order valence-electron chi connectivity index (χ1n) is 7.56. The molecule has 0 bridgehead atoms. The van der Waals surface area contributed by atoms with Crippen LogP contribution in [-0.4, -0.2) is 37.0 Å². The van der Waals surface area contributed by atoms with Crippen LogP contribution in [0.4, 0.5) is 16.3 Å². The van der Waals surface area contributed by atoms with Gasteiger partial charge in [0.15, 0.2) is 0 Å². The first-order valence-corrected chi connectivity index (χ1v) is 8.64. The number of nitrogen functional groups attached to an aromatic ring is 1. The summed E-state index contributed by atoms with van der Waals surface area (Å²) in [6.45, 7) is 1.37. The summed E-state index contributed by atoms with van der Waals surface area (Å²) in [5, 5.41) is 6.64. The predicted octanol–water partition coefficient (Wildman–Crippen LogP) is 0.867. The van der Waals surface area contributed by atoms with Crippen LogP contribution in [0.5, 0.6) is 0 Å². The van der Waals surface area contributed by atoms with Gasteiger partial charge in [-0.1, -0.05) is 12.1 Å². The van der Waals surface area contributed by atoms with Gasteiger partial charge in [0.1, 0.15) is 5.82 Å². The highest BCUT2D eigenvalue weighted by atomic mass is 32.2. The summed E-state index contributed by atoms with van der Waals surface area (Å²) < 4.78 is 38.0. The monoisotopic (exact) mass is 353 g/mol. The molecule has 1 aromatic heterocycles. The van der Waals surface area contributed by atoms with Crippen molar-refractivity contribution >= 4 is 23.2 Å². The molecular weight excluding hydrogens is 335 g/mol. The Bertz CT molecular complexity index is 702. The van der Waals surface area contributed by atoms with Gasteiger partial charge in [-0.15, -0.1) is 5.10 Å². The van der Waals surface area contributed by atoms with E-state index >= 15 is 0 Å². The van der Waals surface area contributed by atoms with Crippen LogP contribution in [0.3, 0.4) is 0 Å². The Hall–Kier alpha value is -2.04. The Labute approximate surface area is 141 Å². The Morgan fingerprint density at radius 1 is 1.38 bits per heavy atom. The molecule has 0 radical (unpaired) electrons. The Morgan fingerprint density at radius 3 is 2.58 bits per heavy atom. The van der Waals surface area contributed by atoms with Crippen molar-refractivity contribution in [2.45, 2.75) is 18.9 Å². The van der Waals surface area contributed by atoms with Crippen LogP contribution in [0.1, 0.15) is 24.4 Å². The van der Waals surface area contributed by atoms with Gasteiger partial charge in [0.05, 0.1) is 0 Å². The minimum absolute atomic E-state index is 0.0981. The Balaban J connectivity index is 1.70. The van der Waals surface area contributed by atoms with Crippen LogP contribution in [-0.2, 0) is 11.3 Å². The molecule has 1 aliphatic rings. The van der Waals surface area contributed by atoms with Gasteiger partial charge < -0.3 is 15.2 Å². The van der Waals surface area contributed by atoms with Crippen LogP contribution in [0.25, 0.3) is 0 Å². The van der Waals surface area contributed by atoms with Crippen molar-refractivity contribution in [1.29, 1.82) is 0 Å². The molecule has 0 spiro atoms. The first kappa shape index (κ1) is 16.8. The lowest BCUT2D eigenvalue weighted by molar-refractivity contribution is 0.322. The van der Waals surface area contributed by atoms with E-state index in [-0.39, 0.29) is 23.7 Å². The molecule has 2 aromatic rings. The molecule has 2 heterocycles. The standard InChI is InChI=1S/C14H19FN6O2S/c15-11-3-1-9(2-4-11)12(20-24(22)23)10-5-7-21(8-6-10)14-17-13(16)18-19-14/h1-4,10,12,20H,5-8H2,(H,22,23)(H3,16,17,18,19)/p-1. The fourth-order valence-electron chi connectivity index (χ4n) is 3.05. The maximum Gasteiger partial charge on any atom is 0.246 e. The number of benzene rings is 1. The number of halogens is 1. The Morgan fingerprint density at radius 2 is 2.04 bits per heavy atom. The number of aromatic nitrogens is 3. The third-order valence-corrected chi connectivity index (χ3v) is 4.68. The van der Waals surface area contributed by atoms with Crippen molar-refractivity contribution in [3.63, 3.8) is 0 Å². The maximum absolute atomic E-state index is 13.1. The number of rotatable bonds is 5. The minimum Gasteiger partial charge on any atom is -0.760 e. The van der Waals surface area contributed by atoms with E-state index in [0.717, 1.165) is 18.4 Å². The highest BCUT2D eigenvalue weighted by molar-refractivity contribution is 7.77. The lowest BCUT2D eigenvalue weighted by atomic mass is 9.86. The number of nitrogens with two attached hydrogens (primary N) is 1. The molecule has 24 heavy (non-hydrogen) atoms. The molecular formula is C14H18FN6O2S-. The summed E-state index contributed by atoms with van der Waals surface area (Å²) in [6.07, 6.45) is 1.50. The number of nitrogens with zero attached hydrogens (tertiary/aromatic N) is 3. The number of hydrogen-bond acceptors (Lipinski definition) is 6. The topological polar surface area (TPSA) is 123 Å². The van der Waals surface area contributed by atoms with Crippen LogP contribution in [0, 0.1) is 11.7 Å². The van der Waals surface area contributed by atoms with Crippen molar-refractivity contribution in [1.82, 2.24) is 19.9 Å². The molecule has 0 aliphatic carbocycles. The summed E-state index contributed by atoms with van der Waals surface area (Å²) in [5.74, 6) is 0.558. The number of nitrogens with one attached hydrogen (secondary N) is 2. The van der Waals surface area contributed by atoms with Gasteiger partial charge in [-0.25, -0.2) is 14.2 Å². The van der Waals surface area contributed by atoms with E-state index in [2.05, 4.69) is 19.9 Å². The molecule has 10 heteroatoms. The van der Waals surface area contributed by atoms with E-state index < -0.39 is 11.3 Å². The second-order valence-corrected chi connectivity index (χ2v) is 6.43. The number of piperidine rings is 1. The average molecular weight is 353 g/mol. The van der Waals surface area contributed by atoms with Crippen LogP contribution < -0.4 is 15.4 Å². The van der Waals surface area contributed by atoms with E-state index in [4.69, 9.17) is 5.73 Å². The zero-order valence-corrected chi connectivity index (χ0v) is 13.6. The Kier molecular flexibility index (Phi) is 5.07. The zero-order valence-electron chi connectivity index (χ0n) is 12.8. The van der Waals surface area contributed by atoms with Crippen LogP contribution in [0.15, 0.2) is 24.3 Å². The number of anilines is 2. The third kappa shape index (κ3) is 3.89. The predicted molar refractivity (Wildman–Crippen MR) is 86.9 cm³/mol. The molecule has 8 nitrogen and oxygen atoms in total. The average Bonchev–Trinajstić information content (AvgIpc) is 3.00. The van der Waals surface area contributed by atoms with Crippen molar-refractivity contribution in [3.05, 3.63) is 35.6 Å². The molecule has 130 valence electrons. The summed E-state index contributed by atoms with van der Waals surface area (Å²) in [6, 6.07) is 5.51. The lowest BCUT2D eigenvalue weighted by Gasteiger charge is -2.36. The fourth-order valence-corrected chi connectivity index (χ4v) is 3.59. The van der Waals surface area contributed by atoms with Gasteiger partial charge in [0.2, 0.25) is 11.9 Å². The smallest absolute Gasteiger partial charge is 0.246 e. The van der Waals surface area contributed by atoms with Crippen molar-refractivity contribution in [3.8, 4) is 0 Å². The van der Waals surface area contributed by atoms with E-state index in [0.29, 0.717) is 19.0 Å². The highest BCUT2D eigenvalue weighted by Crippen LogP contribution is 2.32. The van der Waals surface area contributed by atoms with Gasteiger partial charge in [-0.2, -0.15) is 4.98 Å². The van der Waals surface area contributed by atoms with E-state index in [9.17, 15) is 13.2 Å². The molecule has 0 amide bonds. The van der Waals surface area contributed by atoms with Crippen molar-refractivity contribution < 1.29 is 13.2 Å². The molecule has 1 aromatic carbocycles. The molecule has 2 atom stereocenters. The van der Waals surface area contributed by atoms with E-state index in [1.165, 1.54) is 12.1 Å². The second kappa shape index (κ2) is 7.24. The highest BCUT2D eigenvalue weighted by Gasteiger charge is 2.29. The van der Waals surface area contributed by atoms with Crippen LogP contribution >= 0.6 is 0 Å². The number of hydrogen-bond donors (Lipinski definition) is 3. The molecule has 3 rings (SSSR count). The summed E-state index contributed by atoms with van der Waals surface area (Å²) >= 11 is -2.40. The number of H-pyrrole nitrogens is 1. The van der Waals surface area contributed by atoms with E-state index in [1.807, 2.05) is 4.90 Å². The largest absolute Gasteiger partial charge is 0.760 e. The summed E-state index contributed by atoms with van der Waals surface area (Å²) in [7, 11) is 0.